The average molecular weight is 485 g/mol. The third-order valence-corrected chi connectivity index (χ3v) is 6.34. The third kappa shape index (κ3) is 4.96. The molecular formula is C29H32N4O3. The summed E-state index contributed by atoms with van der Waals surface area (Å²) in [6.45, 7) is 8.43. The number of nitrogens with one attached hydrogen (secondary N) is 2. The number of carbonyl (C=O) groups excluding carboxylic acids is 1. The molecule has 0 aliphatic heterocycles. The maximum absolute atomic E-state index is 13.4. The Morgan fingerprint density at radius 3 is 2.31 bits per heavy atom. The molecule has 0 fully saturated rings. The first kappa shape index (κ1) is 25.0. The Bertz CT molecular complexity index is 1440. The van der Waals surface area contributed by atoms with E-state index in [1.54, 1.807) is 32.5 Å². The molecule has 4 aromatic rings. The van der Waals surface area contributed by atoms with Crippen LogP contribution in [0.2, 0.25) is 0 Å². The molecule has 0 spiro atoms. The van der Waals surface area contributed by atoms with Crippen molar-refractivity contribution in [3.05, 3.63) is 82.3 Å². The molecule has 0 unspecified atom stereocenters. The Balaban J connectivity index is 1.75. The highest BCUT2D eigenvalue weighted by atomic mass is 16.5. The number of fused-ring (bicyclic) bond motifs is 1. The second kappa shape index (κ2) is 10.2. The van der Waals surface area contributed by atoms with Gasteiger partial charge < -0.3 is 15.0 Å². The summed E-state index contributed by atoms with van der Waals surface area (Å²) in [7, 11) is 3.25. The predicted octanol–water partition coefficient (Wildman–Crippen LogP) is 6.51. The lowest BCUT2D eigenvalue weighted by Crippen LogP contribution is -2.35. The maximum Gasteiger partial charge on any atom is 0.326 e. The highest BCUT2D eigenvalue weighted by molar-refractivity contribution is 6.03. The van der Waals surface area contributed by atoms with Gasteiger partial charge in [0.05, 0.1) is 7.11 Å². The van der Waals surface area contributed by atoms with Crippen LogP contribution in [0.1, 0.15) is 50.7 Å². The Kier molecular flexibility index (Phi) is 7.10. The summed E-state index contributed by atoms with van der Waals surface area (Å²) in [6.07, 6.45) is 1.62. The van der Waals surface area contributed by atoms with Gasteiger partial charge in [-0.3, -0.25) is 9.69 Å². The first-order chi connectivity index (χ1) is 17.2. The van der Waals surface area contributed by atoms with Gasteiger partial charge in [-0.15, -0.1) is 0 Å². The van der Waals surface area contributed by atoms with Gasteiger partial charge >= 0.3 is 6.03 Å². The van der Waals surface area contributed by atoms with Crippen molar-refractivity contribution in [2.24, 2.45) is 0 Å². The molecule has 36 heavy (non-hydrogen) atoms. The van der Waals surface area contributed by atoms with Crippen LogP contribution in [-0.4, -0.2) is 30.2 Å². The van der Waals surface area contributed by atoms with Gasteiger partial charge in [0.1, 0.15) is 17.1 Å². The number of anilines is 2. The quantitative estimate of drug-likeness (QED) is 0.326. The SMILES string of the molecule is COc1cccc(-c2cc(C(C)C)c(NC(=O)N(C)c3cc4cccnc4[nH]c3=O)c(C(C)C)c2)c1. The van der Waals surface area contributed by atoms with Crippen molar-refractivity contribution in [3.8, 4) is 16.9 Å². The number of aromatic amines is 1. The number of aromatic nitrogens is 2. The van der Waals surface area contributed by atoms with Crippen LogP contribution in [0, 0.1) is 0 Å². The number of amides is 2. The van der Waals surface area contributed by atoms with Gasteiger partial charge in [-0.05, 0) is 76.6 Å². The first-order valence-electron chi connectivity index (χ1n) is 12.0. The number of carbonyl (C=O) groups is 1. The summed E-state index contributed by atoms with van der Waals surface area (Å²) in [4.78, 5) is 34.4. The zero-order valence-corrected chi connectivity index (χ0v) is 21.5. The van der Waals surface area contributed by atoms with Gasteiger partial charge in [-0.25, -0.2) is 9.78 Å². The van der Waals surface area contributed by atoms with Crippen molar-refractivity contribution in [1.29, 1.82) is 0 Å². The van der Waals surface area contributed by atoms with Gasteiger partial charge in [0, 0.05) is 24.3 Å². The van der Waals surface area contributed by atoms with E-state index in [4.69, 9.17) is 4.74 Å². The number of H-pyrrole nitrogens is 1. The standard InChI is InChI=1S/C29H32N4O3/c1-17(2)23-14-21(19-9-7-11-22(13-19)36-6)15-24(18(3)4)26(23)31-29(35)33(5)25-16-20-10-8-12-30-27(20)32-28(25)34/h7-18H,1-6H3,(H,31,35)(H,30,32,34). The lowest BCUT2D eigenvalue weighted by atomic mass is 9.88. The van der Waals surface area contributed by atoms with Gasteiger partial charge in [0.25, 0.3) is 5.56 Å². The molecule has 186 valence electrons. The molecule has 0 aliphatic carbocycles. The highest BCUT2D eigenvalue weighted by Gasteiger charge is 2.22. The topological polar surface area (TPSA) is 87.3 Å². The molecule has 2 heterocycles. The normalized spacial score (nSPS) is 11.2. The van der Waals surface area contributed by atoms with Crippen LogP contribution in [0.5, 0.6) is 5.75 Å². The van der Waals surface area contributed by atoms with Gasteiger partial charge in [0.15, 0.2) is 0 Å². The lowest BCUT2D eigenvalue weighted by molar-refractivity contribution is 0.258. The Morgan fingerprint density at radius 2 is 1.67 bits per heavy atom. The molecule has 0 aliphatic rings. The fraction of sp³-hybridized carbons (Fsp3) is 0.276. The summed E-state index contributed by atoms with van der Waals surface area (Å²) < 4.78 is 5.42. The number of rotatable bonds is 6. The fourth-order valence-electron chi connectivity index (χ4n) is 4.28. The van der Waals surface area contributed by atoms with Crippen LogP contribution in [0.25, 0.3) is 22.2 Å². The fourth-order valence-corrected chi connectivity index (χ4v) is 4.28. The highest BCUT2D eigenvalue weighted by Crippen LogP contribution is 2.38. The number of pyridine rings is 2. The predicted molar refractivity (Wildman–Crippen MR) is 146 cm³/mol. The van der Waals surface area contributed by atoms with E-state index in [0.717, 1.165) is 39.1 Å². The second-order valence-electron chi connectivity index (χ2n) is 9.49. The van der Waals surface area contributed by atoms with Crippen molar-refractivity contribution in [2.75, 3.05) is 24.4 Å². The maximum atomic E-state index is 13.4. The number of nitrogens with zero attached hydrogens (tertiary/aromatic N) is 2. The van der Waals surface area contributed by atoms with Crippen molar-refractivity contribution >= 4 is 28.4 Å². The van der Waals surface area contributed by atoms with E-state index in [1.165, 1.54) is 4.90 Å². The number of benzene rings is 2. The number of hydrogen-bond donors (Lipinski definition) is 2. The molecule has 2 aromatic carbocycles. The van der Waals surface area contributed by atoms with Crippen molar-refractivity contribution in [3.63, 3.8) is 0 Å². The minimum absolute atomic E-state index is 0.156. The van der Waals surface area contributed by atoms with Crippen molar-refractivity contribution < 1.29 is 9.53 Å². The summed E-state index contributed by atoms with van der Waals surface area (Å²) in [5, 5.41) is 3.86. The molecule has 0 atom stereocenters. The van der Waals surface area contributed by atoms with Crippen molar-refractivity contribution in [2.45, 2.75) is 39.5 Å². The molecule has 0 radical (unpaired) electrons. The monoisotopic (exact) mass is 484 g/mol. The molecule has 0 bridgehead atoms. The van der Waals surface area contributed by atoms with E-state index in [2.05, 4.69) is 61.2 Å². The molecule has 0 saturated heterocycles. The zero-order chi connectivity index (χ0) is 26.0. The zero-order valence-electron chi connectivity index (χ0n) is 21.5. The minimum Gasteiger partial charge on any atom is -0.497 e. The summed E-state index contributed by atoms with van der Waals surface area (Å²) in [5.41, 5.74) is 5.30. The lowest BCUT2D eigenvalue weighted by Gasteiger charge is -2.25. The molecule has 0 saturated carbocycles. The Morgan fingerprint density at radius 1 is 0.972 bits per heavy atom. The minimum atomic E-state index is -0.387. The van der Waals surface area contributed by atoms with Crippen molar-refractivity contribution in [1.82, 2.24) is 9.97 Å². The van der Waals surface area contributed by atoms with Gasteiger partial charge in [0.2, 0.25) is 0 Å². The largest absolute Gasteiger partial charge is 0.497 e. The van der Waals surface area contributed by atoms with Crippen LogP contribution >= 0.6 is 0 Å². The summed E-state index contributed by atoms with van der Waals surface area (Å²) in [6, 6.07) is 17.1. The van der Waals surface area contributed by atoms with Crippen LogP contribution < -0.4 is 20.5 Å². The number of methoxy groups -OCH3 is 1. The van der Waals surface area contributed by atoms with E-state index in [1.807, 2.05) is 24.3 Å². The summed E-state index contributed by atoms with van der Waals surface area (Å²) >= 11 is 0. The molecule has 2 amide bonds. The van der Waals surface area contributed by atoms with E-state index in [9.17, 15) is 9.59 Å². The van der Waals surface area contributed by atoms with Gasteiger partial charge in [-0.1, -0.05) is 39.8 Å². The van der Waals surface area contributed by atoms with Crippen LogP contribution in [0.4, 0.5) is 16.2 Å². The van der Waals surface area contributed by atoms with Gasteiger partial charge in [-0.2, -0.15) is 0 Å². The molecule has 2 N–H and O–H groups in total. The smallest absolute Gasteiger partial charge is 0.326 e. The van der Waals surface area contributed by atoms with Crippen LogP contribution in [0.3, 0.4) is 0 Å². The molecule has 2 aromatic heterocycles. The molecular weight excluding hydrogens is 452 g/mol. The Labute approximate surface area is 211 Å². The average Bonchev–Trinajstić information content (AvgIpc) is 2.87. The first-order valence-corrected chi connectivity index (χ1v) is 12.0. The summed E-state index contributed by atoms with van der Waals surface area (Å²) in [5.74, 6) is 1.10. The molecule has 4 rings (SSSR count). The van der Waals surface area contributed by atoms with E-state index < -0.39 is 0 Å². The molecule has 7 nitrogen and oxygen atoms in total. The van der Waals surface area contributed by atoms with Crippen LogP contribution in [-0.2, 0) is 0 Å². The Hall–Kier alpha value is -4.13. The van der Waals surface area contributed by atoms with E-state index in [-0.39, 0.29) is 29.1 Å². The number of ether oxygens (including phenoxy) is 1. The second-order valence-corrected chi connectivity index (χ2v) is 9.49. The number of hydrogen-bond acceptors (Lipinski definition) is 4. The number of urea groups is 1. The van der Waals surface area contributed by atoms with E-state index in [0.29, 0.717) is 5.65 Å². The van der Waals surface area contributed by atoms with E-state index >= 15 is 0 Å². The molecule has 7 heteroatoms. The van der Waals surface area contributed by atoms with Crippen LogP contribution in [0.15, 0.2) is 65.6 Å². The third-order valence-electron chi connectivity index (χ3n) is 6.34.